The lowest BCUT2D eigenvalue weighted by Crippen LogP contribution is -2.22. The van der Waals surface area contributed by atoms with E-state index in [0.29, 0.717) is 12.1 Å². The molecule has 2 aromatic carbocycles. The molecule has 3 aromatic rings. The Bertz CT molecular complexity index is 969. The van der Waals surface area contributed by atoms with Gasteiger partial charge in [-0.1, -0.05) is 24.3 Å². The molecule has 0 bridgehead atoms. The highest BCUT2D eigenvalue weighted by Crippen LogP contribution is 2.24. The molecule has 0 spiro atoms. The van der Waals surface area contributed by atoms with E-state index in [1.807, 2.05) is 31.2 Å². The first kappa shape index (κ1) is 17.3. The van der Waals surface area contributed by atoms with Crippen molar-refractivity contribution in [2.24, 2.45) is 0 Å². The van der Waals surface area contributed by atoms with Crippen molar-refractivity contribution in [3.8, 4) is 17.0 Å². The van der Waals surface area contributed by atoms with Crippen molar-refractivity contribution in [1.82, 2.24) is 14.9 Å². The topological polar surface area (TPSA) is 56.1 Å². The van der Waals surface area contributed by atoms with Gasteiger partial charge in [-0.2, -0.15) is 0 Å². The molecular weight excluding hydrogens is 338 g/mol. The second kappa shape index (κ2) is 7.27. The maximum atomic E-state index is 12.5. The van der Waals surface area contributed by atoms with Crippen LogP contribution in [0.1, 0.15) is 33.7 Å². The van der Waals surface area contributed by atoms with Gasteiger partial charge in [-0.05, 0) is 42.7 Å². The van der Waals surface area contributed by atoms with Crippen LogP contribution in [0.25, 0.3) is 11.3 Å². The van der Waals surface area contributed by atoms with E-state index in [1.165, 1.54) is 6.42 Å². The van der Waals surface area contributed by atoms with E-state index in [-0.39, 0.29) is 5.91 Å². The first-order chi connectivity index (χ1) is 13.1. The van der Waals surface area contributed by atoms with Gasteiger partial charge in [0.05, 0.1) is 12.8 Å². The number of imidazole rings is 1. The lowest BCUT2D eigenvalue weighted by molar-refractivity contribution is 0.0950. The Balaban J connectivity index is 1.46. The Labute approximate surface area is 159 Å². The third kappa shape index (κ3) is 3.58. The minimum atomic E-state index is -0.111. The summed E-state index contributed by atoms with van der Waals surface area (Å²) in [4.78, 5) is 17.2. The molecule has 2 heterocycles. The summed E-state index contributed by atoms with van der Waals surface area (Å²) in [6.45, 7) is 3.48. The van der Waals surface area contributed by atoms with Crippen molar-refractivity contribution in [1.29, 1.82) is 0 Å². The van der Waals surface area contributed by atoms with Crippen molar-refractivity contribution in [2.75, 3.05) is 7.11 Å². The summed E-state index contributed by atoms with van der Waals surface area (Å²) < 4.78 is 7.53. The van der Waals surface area contributed by atoms with Crippen LogP contribution in [0.5, 0.6) is 5.75 Å². The number of fused-ring (bicyclic) bond motifs is 1. The fraction of sp³-hybridized carbons (Fsp3) is 0.273. The van der Waals surface area contributed by atoms with Crippen molar-refractivity contribution in [2.45, 2.75) is 32.9 Å². The highest BCUT2D eigenvalue weighted by atomic mass is 16.5. The van der Waals surface area contributed by atoms with E-state index in [1.54, 1.807) is 13.2 Å². The van der Waals surface area contributed by atoms with E-state index < -0.39 is 0 Å². The lowest BCUT2D eigenvalue weighted by atomic mass is 10.1. The van der Waals surface area contributed by atoms with Gasteiger partial charge >= 0.3 is 0 Å². The molecule has 138 valence electrons. The van der Waals surface area contributed by atoms with Crippen molar-refractivity contribution in [3.63, 3.8) is 0 Å². The molecule has 0 unspecified atom stereocenters. The first-order valence-electron chi connectivity index (χ1n) is 9.22. The van der Waals surface area contributed by atoms with Crippen LogP contribution in [0.3, 0.4) is 0 Å². The molecule has 0 aliphatic carbocycles. The Morgan fingerprint density at radius 1 is 1.26 bits per heavy atom. The van der Waals surface area contributed by atoms with Gasteiger partial charge in [0, 0.05) is 36.8 Å². The van der Waals surface area contributed by atoms with Crippen LogP contribution in [0, 0.1) is 6.92 Å². The third-order valence-corrected chi connectivity index (χ3v) is 5.00. The Morgan fingerprint density at radius 3 is 2.96 bits per heavy atom. The highest BCUT2D eigenvalue weighted by molar-refractivity contribution is 5.94. The molecular formula is C22H23N3O2. The molecule has 0 fully saturated rings. The second-order valence-electron chi connectivity index (χ2n) is 6.91. The Hall–Kier alpha value is -3.08. The molecule has 5 heteroatoms. The SMILES string of the molecule is COc1cc(C(=O)NCc2cccc(-c3cn4c(n3)CCC4)c2)ccc1C. The zero-order valence-electron chi connectivity index (χ0n) is 15.7. The van der Waals surface area contributed by atoms with E-state index in [0.717, 1.165) is 46.9 Å². The molecule has 4 rings (SSSR count). The molecule has 0 atom stereocenters. The summed E-state index contributed by atoms with van der Waals surface area (Å²) in [7, 11) is 1.61. The first-order valence-corrected chi connectivity index (χ1v) is 9.22. The molecule has 27 heavy (non-hydrogen) atoms. The normalized spacial score (nSPS) is 12.7. The van der Waals surface area contributed by atoms with Gasteiger partial charge in [-0.15, -0.1) is 0 Å². The maximum Gasteiger partial charge on any atom is 0.251 e. The summed E-state index contributed by atoms with van der Waals surface area (Å²) >= 11 is 0. The molecule has 0 saturated carbocycles. The number of nitrogens with one attached hydrogen (secondary N) is 1. The maximum absolute atomic E-state index is 12.5. The minimum Gasteiger partial charge on any atom is -0.496 e. The number of nitrogens with zero attached hydrogens (tertiary/aromatic N) is 2. The Kier molecular flexibility index (Phi) is 4.67. The average molecular weight is 361 g/mol. The number of hydrogen-bond acceptors (Lipinski definition) is 3. The smallest absolute Gasteiger partial charge is 0.251 e. The van der Waals surface area contributed by atoms with Crippen LogP contribution in [0.2, 0.25) is 0 Å². The number of methoxy groups -OCH3 is 1. The van der Waals surface area contributed by atoms with Crippen LogP contribution in [-0.4, -0.2) is 22.6 Å². The molecule has 5 nitrogen and oxygen atoms in total. The zero-order chi connectivity index (χ0) is 18.8. The van der Waals surface area contributed by atoms with E-state index in [2.05, 4.69) is 28.2 Å². The molecule has 1 N–H and O–H groups in total. The molecule has 1 amide bonds. The molecule has 1 aliphatic rings. The van der Waals surface area contributed by atoms with Gasteiger partial charge in [-0.3, -0.25) is 4.79 Å². The molecule has 1 aliphatic heterocycles. The van der Waals surface area contributed by atoms with Gasteiger partial charge in [0.15, 0.2) is 0 Å². The van der Waals surface area contributed by atoms with Crippen LogP contribution < -0.4 is 10.1 Å². The molecule has 0 radical (unpaired) electrons. The van der Waals surface area contributed by atoms with E-state index >= 15 is 0 Å². The fourth-order valence-corrected chi connectivity index (χ4v) is 3.48. The number of aromatic nitrogens is 2. The number of ether oxygens (including phenoxy) is 1. The quantitative estimate of drug-likeness (QED) is 0.753. The van der Waals surface area contributed by atoms with Gasteiger partial charge in [0.25, 0.3) is 5.91 Å². The molecule has 1 aromatic heterocycles. The van der Waals surface area contributed by atoms with Gasteiger partial charge in [-0.25, -0.2) is 4.98 Å². The predicted molar refractivity (Wildman–Crippen MR) is 105 cm³/mol. The standard InChI is InChI=1S/C22H23N3O2/c1-15-8-9-18(12-20(15)27-2)22(26)23-13-16-5-3-6-17(11-16)19-14-25-10-4-7-21(25)24-19/h3,5-6,8-9,11-12,14H,4,7,10,13H2,1-2H3,(H,23,26). The predicted octanol–water partition coefficient (Wildman–Crippen LogP) is 3.74. The summed E-state index contributed by atoms with van der Waals surface area (Å²) in [5.41, 5.74) is 4.74. The molecule has 0 saturated heterocycles. The Morgan fingerprint density at radius 2 is 2.15 bits per heavy atom. The number of carbonyl (C=O) groups is 1. The minimum absolute atomic E-state index is 0.111. The van der Waals surface area contributed by atoms with E-state index in [9.17, 15) is 4.79 Å². The van der Waals surface area contributed by atoms with Crippen molar-refractivity contribution >= 4 is 5.91 Å². The fourth-order valence-electron chi connectivity index (χ4n) is 3.48. The average Bonchev–Trinajstić information content (AvgIpc) is 3.29. The summed E-state index contributed by atoms with van der Waals surface area (Å²) in [5.74, 6) is 1.77. The number of aryl methyl sites for hydroxylation is 3. The van der Waals surface area contributed by atoms with Crippen molar-refractivity contribution < 1.29 is 9.53 Å². The van der Waals surface area contributed by atoms with Crippen LogP contribution in [0.4, 0.5) is 0 Å². The largest absolute Gasteiger partial charge is 0.496 e. The second-order valence-corrected chi connectivity index (χ2v) is 6.91. The van der Waals surface area contributed by atoms with Gasteiger partial charge in [0.1, 0.15) is 11.6 Å². The van der Waals surface area contributed by atoms with Gasteiger partial charge in [0.2, 0.25) is 0 Å². The number of rotatable bonds is 5. The number of hydrogen-bond donors (Lipinski definition) is 1. The number of carbonyl (C=O) groups excluding carboxylic acids is 1. The number of amides is 1. The monoisotopic (exact) mass is 361 g/mol. The van der Waals surface area contributed by atoms with Gasteiger partial charge < -0.3 is 14.6 Å². The summed E-state index contributed by atoms with van der Waals surface area (Å²) in [5, 5.41) is 2.98. The zero-order valence-corrected chi connectivity index (χ0v) is 15.7. The summed E-state index contributed by atoms with van der Waals surface area (Å²) in [6.07, 6.45) is 4.35. The lowest BCUT2D eigenvalue weighted by Gasteiger charge is -2.09. The van der Waals surface area contributed by atoms with Crippen LogP contribution in [-0.2, 0) is 19.5 Å². The highest BCUT2D eigenvalue weighted by Gasteiger charge is 2.15. The summed E-state index contributed by atoms with van der Waals surface area (Å²) in [6, 6.07) is 13.7. The van der Waals surface area contributed by atoms with Crippen molar-refractivity contribution in [3.05, 3.63) is 71.2 Å². The van der Waals surface area contributed by atoms with Crippen LogP contribution in [0.15, 0.2) is 48.7 Å². The third-order valence-electron chi connectivity index (χ3n) is 5.00. The van der Waals surface area contributed by atoms with Crippen LogP contribution >= 0.6 is 0 Å². The number of benzene rings is 2. The van der Waals surface area contributed by atoms with E-state index in [4.69, 9.17) is 9.72 Å².